The van der Waals surface area contributed by atoms with Crippen molar-refractivity contribution in [1.82, 2.24) is 9.97 Å². The number of fused-ring (bicyclic) bond motifs is 1. The van der Waals surface area contributed by atoms with Gasteiger partial charge in [-0.15, -0.1) is 0 Å². The first-order chi connectivity index (χ1) is 12.6. The number of aliphatic hydroxyl groups excluding tert-OH is 1. The Balaban J connectivity index is 1.77. The number of hydrogen-bond acceptors (Lipinski definition) is 6. The molecule has 0 aliphatic heterocycles. The van der Waals surface area contributed by atoms with Crippen LogP contribution in [0, 0.1) is 11.3 Å². The molecule has 2 aromatic carbocycles. The van der Waals surface area contributed by atoms with Crippen LogP contribution in [0.25, 0.3) is 16.6 Å². The van der Waals surface area contributed by atoms with Gasteiger partial charge < -0.3 is 14.8 Å². The quantitative estimate of drug-likeness (QED) is 0.317. The topological polar surface area (TPSA) is 116 Å². The smallest absolute Gasteiger partial charge is 0.338 e. The lowest BCUT2D eigenvalue weighted by atomic mass is 10.1. The molecule has 0 aliphatic rings. The predicted molar refractivity (Wildman–Crippen MR) is 93.4 cm³/mol. The van der Waals surface area contributed by atoms with Crippen molar-refractivity contribution in [1.29, 1.82) is 5.26 Å². The number of aromatic nitrogens is 2. The second-order valence-electron chi connectivity index (χ2n) is 5.35. The van der Waals surface area contributed by atoms with E-state index in [2.05, 4.69) is 9.97 Å². The average molecular weight is 347 g/mol. The number of carbonyl (C=O) groups excluding carboxylic acids is 2. The molecule has 3 aromatic rings. The molecule has 7 heteroatoms. The number of esters is 1. The molecule has 0 fully saturated rings. The summed E-state index contributed by atoms with van der Waals surface area (Å²) in [6, 6.07) is 14.9. The molecule has 2 N–H and O–H groups in total. The maximum Gasteiger partial charge on any atom is 0.338 e. The summed E-state index contributed by atoms with van der Waals surface area (Å²) in [7, 11) is 0. The Hall–Kier alpha value is -3.92. The Morgan fingerprint density at radius 1 is 1.23 bits per heavy atom. The molecule has 1 heterocycles. The number of hydrogen-bond donors (Lipinski definition) is 2. The van der Waals surface area contributed by atoms with Crippen LogP contribution >= 0.6 is 0 Å². The molecule has 128 valence electrons. The number of H-pyrrole nitrogens is 1. The summed E-state index contributed by atoms with van der Waals surface area (Å²) in [5.74, 6) is -0.905. The molecule has 0 saturated carbocycles. The second kappa shape index (κ2) is 7.32. The largest absolute Gasteiger partial charge is 0.507 e. The van der Waals surface area contributed by atoms with E-state index >= 15 is 0 Å². The van der Waals surface area contributed by atoms with Crippen molar-refractivity contribution in [3.8, 4) is 6.07 Å². The van der Waals surface area contributed by atoms with Crippen LogP contribution in [-0.4, -0.2) is 33.9 Å². The molecule has 3 rings (SSSR count). The average Bonchev–Trinajstić information content (AvgIpc) is 3.10. The maximum absolute atomic E-state index is 12.0. The van der Waals surface area contributed by atoms with Crippen molar-refractivity contribution in [2.24, 2.45) is 0 Å². The number of rotatable bonds is 5. The summed E-state index contributed by atoms with van der Waals surface area (Å²) in [5.41, 5.74) is 1.92. The number of imidazole rings is 1. The van der Waals surface area contributed by atoms with Crippen LogP contribution in [0.15, 0.2) is 54.3 Å². The van der Waals surface area contributed by atoms with E-state index in [-0.39, 0.29) is 17.0 Å². The summed E-state index contributed by atoms with van der Waals surface area (Å²) in [6.07, 6.45) is 0.663. The zero-order chi connectivity index (χ0) is 18.5. The zero-order valence-electron chi connectivity index (χ0n) is 13.5. The van der Waals surface area contributed by atoms with Crippen LogP contribution in [-0.2, 0) is 4.74 Å². The molecule has 0 unspecified atom stereocenters. The molecule has 0 saturated heterocycles. The molecule has 0 aliphatic carbocycles. The number of aliphatic hydroxyl groups is 1. The van der Waals surface area contributed by atoms with Gasteiger partial charge in [-0.1, -0.05) is 24.3 Å². The van der Waals surface area contributed by atoms with Gasteiger partial charge in [-0.2, -0.15) is 5.26 Å². The zero-order valence-corrected chi connectivity index (χ0v) is 13.5. The van der Waals surface area contributed by atoms with Crippen LogP contribution in [0.4, 0.5) is 0 Å². The lowest BCUT2D eigenvalue weighted by Gasteiger charge is -2.05. The highest BCUT2D eigenvalue weighted by atomic mass is 16.5. The second-order valence-corrected chi connectivity index (χ2v) is 5.35. The molecule has 0 spiro atoms. The molecule has 26 heavy (non-hydrogen) atoms. The maximum atomic E-state index is 12.0. The third-order valence-corrected chi connectivity index (χ3v) is 3.65. The number of nitriles is 1. The predicted octanol–water partition coefficient (Wildman–Crippen LogP) is 3.03. The van der Waals surface area contributed by atoms with E-state index in [1.807, 2.05) is 12.1 Å². The van der Waals surface area contributed by atoms with E-state index in [1.54, 1.807) is 18.2 Å². The number of allylic oxidation sites excluding steroid dienone is 1. The minimum Gasteiger partial charge on any atom is -0.507 e. The number of para-hydroxylation sites is 2. The highest BCUT2D eigenvalue weighted by molar-refractivity contribution is 5.90. The number of nitrogens with zero attached hydrogens (tertiary/aromatic N) is 2. The minimum absolute atomic E-state index is 0.106. The number of ether oxygens (including phenoxy) is 1. The molecule has 0 radical (unpaired) electrons. The number of nitrogens with one attached hydrogen (secondary N) is 1. The van der Waals surface area contributed by atoms with Gasteiger partial charge >= 0.3 is 5.97 Å². The van der Waals surface area contributed by atoms with Crippen molar-refractivity contribution in [2.75, 3.05) is 6.61 Å². The molecular formula is C19H13N3O4. The summed E-state index contributed by atoms with van der Waals surface area (Å²) >= 11 is 0. The fourth-order valence-electron chi connectivity index (χ4n) is 2.31. The molecule has 0 atom stereocenters. The molecule has 0 amide bonds. The van der Waals surface area contributed by atoms with Gasteiger partial charge in [0.15, 0.2) is 11.6 Å². The summed E-state index contributed by atoms with van der Waals surface area (Å²) in [6.45, 7) is -0.478. The standard InChI is InChI=1S/C19H13N3O4/c20-9-14(18-21-15-3-1-2-4-16(15)22-18)17(24)11-26-19(25)13-7-5-12(10-23)6-8-13/h1-8,10,24H,11H2,(H,21,22)/b17-14-. The van der Waals surface area contributed by atoms with Crippen molar-refractivity contribution >= 4 is 28.9 Å². The van der Waals surface area contributed by atoms with Crippen LogP contribution in [0.3, 0.4) is 0 Å². The third kappa shape index (κ3) is 3.44. The van der Waals surface area contributed by atoms with Gasteiger partial charge in [0.1, 0.15) is 24.5 Å². The van der Waals surface area contributed by atoms with Crippen LogP contribution in [0.1, 0.15) is 26.5 Å². The van der Waals surface area contributed by atoms with Crippen molar-refractivity contribution < 1.29 is 19.4 Å². The van der Waals surface area contributed by atoms with E-state index in [9.17, 15) is 20.0 Å². The van der Waals surface area contributed by atoms with Gasteiger partial charge in [-0.25, -0.2) is 9.78 Å². The van der Waals surface area contributed by atoms with E-state index in [4.69, 9.17) is 4.74 Å². The molecule has 0 bridgehead atoms. The van der Waals surface area contributed by atoms with E-state index in [0.717, 1.165) is 5.52 Å². The van der Waals surface area contributed by atoms with Gasteiger partial charge in [0, 0.05) is 5.56 Å². The first-order valence-electron chi connectivity index (χ1n) is 7.62. The first-order valence-corrected chi connectivity index (χ1v) is 7.62. The molecular weight excluding hydrogens is 334 g/mol. The van der Waals surface area contributed by atoms with Gasteiger partial charge in [0.05, 0.1) is 16.6 Å². The Morgan fingerprint density at radius 3 is 2.62 bits per heavy atom. The molecule has 7 nitrogen and oxygen atoms in total. The SMILES string of the molecule is N#C/C(=C(/O)COC(=O)c1ccc(C=O)cc1)c1nc2ccccc2[nH]1. The van der Waals surface area contributed by atoms with Crippen LogP contribution < -0.4 is 0 Å². The third-order valence-electron chi connectivity index (χ3n) is 3.65. The number of carbonyl (C=O) groups is 2. The fourth-order valence-corrected chi connectivity index (χ4v) is 2.31. The highest BCUT2D eigenvalue weighted by Crippen LogP contribution is 2.19. The lowest BCUT2D eigenvalue weighted by molar-refractivity contribution is 0.0502. The number of benzene rings is 2. The highest BCUT2D eigenvalue weighted by Gasteiger charge is 2.15. The Labute approximate surface area is 148 Å². The normalized spacial score (nSPS) is 11.5. The van der Waals surface area contributed by atoms with Crippen molar-refractivity contribution in [2.45, 2.75) is 0 Å². The summed E-state index contributed by atoms with van der Waals surface area (Å²) in [5, 5.41) is 19.5. The monoisotopic (exact) mass is 347 g/mol. The Bertz CT molecular complexity index is 1010. The first kappa shape index (κ1) is 16.9. The van der Waals surface area contributed by atoms with Gasteiger partial charge in [-0.05, 0) is 24.3 Å². The van der Waals surface area contributed by atoms with Gasteiger partial charge in [-0.3, -0.25) is 4.79 Å². The summed E-state index contributed by atoms with van der Waals surface area (Å²) in [4.78, 5) is 29.8. The van der Waals surface area contributed by atoms with Gasteiger partial charge in [0.2, 0.25) is 0 Å². The van der Waals surface area contributed by atoms with E-state index in [0.29, 0.717) is 17.4 Å². The number of aromatic amines is 1. The van der Waals surface area contributed by atoms with E-state index < -0.39 is 18.3 Å². The molecule has 1 aromatic heterocycles. The fraction of sp³-hybridized carbons (Fsp3) is 0.0526. The van der Waals surface area contributed by atoms with Crippen LogP contribution in [0.2, 0.25) is 0 Å². The Morgan fingerprint density at radius 2 is 1.96 bits per heavy atom. The van der Waals surface area contributed by atoms with Gasteiger partial charge in [0.25, 0.3) is 0 Å². The summed E-state index contributed by atoms with van der Waals surface area (Å²) < 4.78 is 5.01. The lowest BCUT2D eigenvalue weighted by Crippen LogP contribution is -2.09. The number of aldehydes is 1. The van der Waals surface area contributed by atoms with Crippen molar-refractivity contribution in [3.63, 3.8) is 0 Å². The van der Waals surface area contributed by atoms with Crippen LogP contribution in [0.5, 0.6) is 0 Å². The van der Waals surface area contributed by atoms with Crippen molar-refractivity contribution in [3.05, 3.63) is 71.2 Å². The minimum atomic E-state index is -0.684. The van der Waals surface area contributed by atoms with E-state index in [1.165, 1.54) is 24.3 Å². The Kier molecular flexibility index (Phi) is 4.76.